The van der Waals surface area contributed by atoms with Gasteiger partial charge in [0.2, 0.25) is 0 Å². The van der Waals surface area contributed by atoms with Crippen LogP contribution in [0.25, 0.3) is 0 Å². The highest BCUT2D eigenvalue weighted by Crippen LogP contribution is 2.42. The maximum absolute atomic E-state index is 10.7. The van der Waals surface area contributed by atoms with Gasteiger partial charge in [-0.3, -0.25) is 0 Å². The van der Waals surface area contributed by atoms with E-state index in [1.807, 2.05) is 0 Å². The Morgan fingerprint density at radius 2 is 1.71 bits per heavy atom. The van der Waals surface area contributed by atoms with E-state index in [1.54, 1.807) is 0 Å². The zero-order valence-electron chi connectivity index (χ0n) is 13.2. The van der Waals surface area contributed by atoms with Crippen molar-refractivity contribution < 1.29 is 5.11 Å². The molecule has 0 aromatic heterocycles. The van der Waals surface area contributed by atoms with Crippen molar-refractivity contribution in [2.24, 2.45) is 5.92 Å². The van der Waals surface area contributed by atoms with E-state index in [4.69, 9.17) is 0 Å². The Morgan fingerprint density at radius 3 is 2.38 bits per heavy atom. The molecule has 116 valence electrons. The van der Waals surface area contributed by atoms with E-state index in [2.05, 4.69) is 42.3 Å². The Bertz CT molecular complexity index is 416. The molecule has 1 aliphatic heterocycles. The smallest absolute Gasteiger partial charge is 0.0701 e. The number of rotatable bonds is 3. The van der Waals surface area contributed by atoms with Crippen molar-refractivity contribution in [2.45, 2.75) is 63.0 Å². The van der Waals surface area contributed by atoms with Gasteiger partial charge in [0, 0.05) is 12.0 Å². The molecule has 2 fully saturated rings. The second-order valence-electron chi connectivity index (χ2n) is 7.02. The lowest BCUT2D eigenvalue weighted by molar-refractivity contribution is -0.00316. The third kappa shape index (κ3) is 3.32. The van der Waals surface area contributed by atoms with E-state index in [9.17, 15) is 5.11 Å². The fraction of sp³-hybridized carbons (Fsp3) is 0.684. The second kappa shape index (κ2) is 6.93. The van der Waals surface area contributed by atoms with Crippen LogP contribution in [0.4, 0.5) is 0 Å². The van der Waals surface area contributed by atoms with Gasteiger partial charge < -0.3 is 10.0 Å². The molecule has 2 aliphatic rings. The molecular formula is C19H29NO. The monoisotopic (exact) mass is 287 g/mol. The highest BCUT2D eigenvalue weighted by atomic mass is 16.3. The first-order chi connectivity index (χ1) is 10.3. The predicted octanol–water partition coefficient (Wildman–Crippen LogP) is 3.81. The van der Waals surface area contributed by atoms with E-state index in [-0.39, 0.29) is 6.10 Å². The largest absolute Gasteiger partial charge is 0.391 e. The summed E-state index contributed by atoms with van der Waals surface area (Å²) < 4.78 is 0. The molecular weight excluding hydrogens is 258 g/mol. The number of hydrogen-bond acceptors (Lipinski definition) is 2. The Morgan fingerprint density at radius 1 is 1.00 bits per heavy atom. The molecule has 3 rings (SSSR count). The molecule has 0 radical (unpaired) electrons. The predicted molar refractivity (Wildman–Crippen MR) is 87.4 cm³/mol. The third-order valence-electron chi connectivity index (χ3n) is 5.62. The van der Waals surface area contributed by atoms with Crippen LogP contribution in [0.2, 0.25) is 0 Å². The molecule has 1 heterocycles. The molecule has 21 heavy (non-hydrogen) atoms. The second-order valence-corrected chi connectivity index (χ2v) is 7.02. The number of benzene rings is 1. The van der Waals surface area contributed by atoms with E-state index < -0.39 is 0 Å². The molecule has 1 N–H and O–H groups in total. The summed E-state index contributed by atoms with van der Waals surface area (Å²) in [6.07, 6.45) is 8.69. The summed E-state index contributed by atoms with van der Waals surface area (Å²) in [6, 6.07) is 11.2. The minimum absolute atomic E-state index is 0.170. The molecule has 0 amide bonds. The normalized spacial score (nSPS) is 30.2. The van der Waals surface area contributed by atoms with Crippen molar-refractivity contribution in [3.8, 4) is 0 Å². The molecule has 1 aromatic rings. The minimum Gasteiger partial charge on any atom is -0.391 e. The van der Waals surface area contributed by atoms with Gasteiger partial charge in [0.1, 0.15) is 0 Å². The van der Waals surface area contributed by atoms with Gasteiger partial charge in [-0.05, 0) is 50.8 Å². The molecule has 2 nitrogen and oxygen atoms in total. The summed E-state index contributed by atoms with van der Waals surface area (Å²) in [4.78, 5) is 2.42. The first-order valence-corrected chi connectivity index (χ1v) is 8.70. The fourth-order valence-corrected chi connectivity index (χ4v) is 4.59. The van der Waals surface area contributed by atoms with Gasteiger partial charge in [0.15, 0.2) is 0 Å². The summed E-state index contributed by atoms with van der Waals surface area (Å²) in [6.45, 7) is 1.12. The Labute approximate surface area is 129 Å². The summed E-state index contributed by atoms with van der Waals surface area (Å²) in [5, 5.41) is 10.7. The van der Waals surface area contributed by atoms with Crippen LogP contribution < -0.4 is 0 Å². The Kier molecular flexibility index (Phi) is 4.97. The van der Waals surface area contributed by atoms with Crippen LogP contribution in [-0.2, 0) is 0 Å². The van der Waals surface area contributed by atoms with Crippen LogP contribution in [0.5, 0.6) is 0 Å². The maximum Gasteiger partial charge on any atom is 0.0701 e. The molecule has 1 saturated heterocycles. The van der Waals surface area contributed by atoms with Crippen LogP contribution >= 0.6 is 0 Å². The van der Waals surface area contributed by atoms with Gasteiger partial charge in [-0.2, -0.15) is 0 Å². The van der Waals surface area contributed by atoms with E-state index in [0.717, 1.165) is 25.3 Å². The lowest BCUT2D eigenvalue weighted by Gasteiger charge is -2.45. The molecule has 2 heteroatoms. The number of nitrogens with zero attached hydrogens (tertiary/aromatic N) is 1. The maximum atomic E-state index is 10.7. The molecule has 0 unspecified atom stereocenters. The van der Waals surface area contributed by atoms with Crippen molar-refractivity contribution in [1.29, 1.82) is 0 Å². The van der Waals surface area contributed by atoms with E-state index in [0.29, 0.717) is 12.0 Å². The molecule has 1 saturated carbocycles. The first-order valence-electron chi connectivity index (χ1n) is 8.70. The summed E-state index contributed by atoms with van der Waals surface area (Å²) in [5.74, 6) is 1.23. The van der Waals surface area contributed by atoms with Gasteiger partial charge >= 0.3 is 0 Å². The van der Waals surface area contributed by atoms with Crippen LogP contribution in [0.15, 0.2) is 30.3 Å². The zero-order valence-corrected chi connectivity index (χ0v) is 13.2. The number of piperidine rings is 1. The van der Waals surface area contributed by atoms with Crippen molar-refractivity contribution in [3.05, 3.63) is 35.9 Å². The molecule has 1 aliphatic carbocycles. The zero-order chi connectivity index (χ0) is 14.7. The summed E-state index contributed by atoms with van der Waals surface area (Å²) in [5.41, 5.74) is 1.43. The molecule has 0 spiro atoms. The van der Waals surface area contributed by atoms with Crippen LogP contribution in [-0.4, -0.2) is 35.7 Å². The SMILES string of the molecule is CN1CCC[C@H](O)[C@@H]1[C@@H](c1ccccc1)C1CCCCC1. The Balaban J connectivity index is 1.90. The highest BCUT2D eigenvalue weighted by molar-refractivity contribution is 5.23. The quantitative estimate of drug-likeness (QED) is 0.914. The lowest BCUT2D eigenvalue weighted by Crippen LogP contribution is -2.51. The van der Waals surface area contributed by atoms with E-state index >= 15 is 0 Å². The molecule has 3 atom stereocenters. The van der Waals surface area contributed by atoms with Gasteiger partial charge in [-0.25, -0.2) is 0 Å². The number of likely N-dealkylation sites (tertiary alicyclic amines) is 1. The lowest BCUT2D eigenvalue weighted by atomic mass is 9.70. The van der Waals surface area contributed by atoms with Crippen LogP contribution in [0.1, 0.15) is 56.4 Å². The van der Waals surface area contributed by atoms with Crippen molar-refractivity contribution in [2.75, 3.05) is 13.6 Å². The van der Waals surface area contributed by atoms with Crippen molar-refractivity contribution in [3.63, 3.8) is 0 Å². The number of aliphatic hydroxyl groups is 1. The summed E-state index contributed by atoms with van der Waals surface area (Å²) >= 11 is 0. The first kappa shape index (κ1) is 15.1. The highest BCUT2D eigenvalue weighted by Gasteiger charge is 2.39. The Hall–Kier alpha value is -0.860. The minimum atomic E-state index is -0.170. The van der Waals surface area contributed by atoms with Gasteiger partial charge in [0.05, 0.1) is 6.10 Å². The standard InChI is InChI=1S/C19H29NO/c1-20-14-8-13-17(21)19(20)18(15-9-4-2-5-10-15)16-11-6-3-7-12-16/h2,4-5,9-10,16-19,21H,3,6-8,11-14H2,1H3/t17-,18-,19+/m0/s1. The third-order valence-corrected chi connectivity index (χ3v) is 5.62. The topological polar surface area (TPSA) is 23.5 Å². The van der Waals surface area contributed by atoms with Gasteiger partial charge in [-0.15, -0.1) is 0 Å². The van der Waals surface area contributed by atoms with Gasteiger partial charge in [0.25, 0.3) is 0 Å². The van der Waals surface area contributed by atoms with Crippen molar-refractivity contribution >= 4 is 0 Å². The number of likely N-dealkylation sites (N-methyl/N-ethyl adjacent to an activating group) is 1. The average Bonchev–Trinajstić information content (AvgIpc) is 2.53. The van der Waals surface area contributed by atoms with Crippen LogP contribution in [0, 0.1) is 5.92 Å². The van der Waals surface area contributed by atoms with Crippen LogP contribution in [0.3, 0.4) is 0 Å². The fourth-order valence-electron chi connectivity index (χ4n) is 4.59. The average molecular weight is 287 g/mol. The number of aliphatic hydroxyl groups excluding tert-OH is 1. The van der Waals surface area contributed by atoms with Gasteiger partial charge in [-0.1, -0.05) is 49.6 Å². The number of hydrogen-bond donors (Lipinski definition) is 1. The molecule has 1 aromatic carbocycles. The molecule has 0 bridgehead atoms. The van der Waals surface area contributed by atoms with Crippen molar-refractivity contribution in [1.82, 2.24) is 4.90 Å². The summed E-state index contributed by atoms with van der Waals surface area (Å²) in [7, 11) is 2.20. The van der Waals surface area contributed by atoms with E-state index in [1.165, 1.54) is 37.7 Å².